The number of hydrogen-bond donors (Lipinski definition) is 1. The van der Waals surface area contributed by atoms with Crippen LogP contribution in [0.5, 0.6) is 17.2 Å². The molecule has 0 unspecified atom stereocenters. The molecular weight excluding hydrogens is 717 g/mol. The lowest BCUT2D eigenvalue weighted by atomic mass is 9.76. The number of aromatic nitrogens is 2. The third-order valence-electron chi connectivity index (χ3n) is 8.81. The van der Waals surface area contributed by atoms with Crippen molar-refractivity contribution in [3.63, 3.8) is 0 Å². The van der Waals surface area contributed by atoms with E-state index >= 15 is 0 Å². The molecule has 0 radical (unpaired) electrons. The van der Waals surface area contributed by atoms with E-state index < -0.39 is 23.7 Å². The van der Waals surface area contributed by atoms with Gasteiger partial charge in [-0.05, 0) is 49.7 Å². The van der Waals surface area contributed by atoms with E-state index in [9.17, 15) is 18.4 Å². The first-order chi connectivity index (χ1) is 25.1. The number of fused-ring (bicyclic) bond motifs is 1. The molecule has 1 N–H and O–H groups in total. The molecule has 2 aromatic carbocycles. The van der Waals surface area contributed by atoms with E-state index in [0.717, 1.165) is 6.20 Å². The van der Waals surface area contributed by atoms with Crippen LogP contribution < -0.4 is 24.4 Å². The number of amides is 2. The Morgan fingerprint density at radius 1 is 1.08 bits per heavy atom. The van der Waals surface area contributed by atoms with Crippen molar-refractivity contribution < 1.29 is 42.1 Å². The van der Waals surface area contributed by atoms with E-state index in [0.29, 0.717) is 57.4 Å². The highest BCUT2D eigenvalue weighted by atomic mass is 32.2. The second-order valence-electron chi connectivity index (χ2n) is 12.4. The lowest BCUT2D eigenvalue weighted by molar-refractivity contribution is -0.147. The number of pyridine rings is 1. The molecule has 0 aliphatic carbocycles. The summed E-state index contributed by atoms with van der Waals surface area (Å²) in [6, 6.07) is 16.7. The molecule has 4 heterocycles. The van der Waals surface area contributed by atoms with Crippen LogP contribution in [-0.4, -0.2) is 79.5 Å². The number of alkyl halides is 2. The van der Waals surface area contributed by atoms with Crippen LogP contribution in [0.3, 0.4) is 0 Å². The summed E-state index contributed by atoms with van der Waals surface area (Å²) < 4.78 is 53.0. The van der Waals surface area contributed by atoms with Gasteiger partial charge in [-0.15, -0.1) is 11.3 Å². The Kier molecular flexibility index (Phi) is 11.4. The minimum Gasteiger partial charge on any atom is -0.497 e. The molecule has 2 aliphatic heterocycles. The number of rotatable bonds is 12. The monoisotopic (exact) mass is 753 g/mol. The molecule has 4 aromatic rings. The molecule has 52 heavy (non-hydrogen) atoms. The van der Waals surface area contributed by atoms with Crippen LogP contribution in [0.25, 0.3) is 0 Å². The Bertz CT molecular complexity index is 1920. The third kappa shape index (κ3) is 8.04. The Labute approximate surface area is 307 Å². The Hall–Kier alpha value is -4.64. The van der Waals surface area contributed by atoms with E-state index in [2.05, 4.69) is 15.0 Å². The summed E-state index contributed by atoms with van der Waals surface area (Å²) in [6.45, 7) is -0.481. The average molecular weight is 754 g/mol. The second kappa shape index (κ2) is 15.9. The van der Waals surface area contributed by atoms with Gasteiger partial charge in [-0.3, -0.25) is 14.5 Å². The van der Waals surface area contributed by atoms with Crippen LogP contribution in [0.15, 0.2) is 77.2 Å². The van der Waals surface area contributed by atoms with Crippen molar-refractivity contribution in [3.8, 4) is 17.2 Å². The molecule has 3 atom stereocenters. The van der Waals surface area contributed by atoms with Crippen LogP contribution in [0.1, 0.15) is 44.8 Å². The van der Waals surface area contributed by atoms with E-state index in [1.165, 1.54) is 47.2 Å². The Morgan fingerprint density at radius 3 is 2.56 bits per heavy atom. The molecule has 6 rings (SSSR count). The molecule has 1 fully saturated rings. The van der Waals surface area contributed by atoms with E-state index in [1.54, 1.807) is 62.1 Å². The largest absolute Gasteiger partial charge is 0.497 e. The number of hydrogen-bond acceptors (Lipinski definition) is 12. The molecule has 274 valence electrons. The first kappa shape index (κ1) is 37.1. The number of anilines is 1. The first-order valence-electron chi connectivity index (χ1n) is 16.2. The molecule has 12 nitrogen and oxygen atoms in total. The number of methoxy groups -OCH3 is 3. The van der Waals surface area contributed by atoms with Gasteiger partial charge in [0.25, 0.3) is 11.8 Å². The molecule has 0 saturated carbocycles. The summed E-state index contributed by atoms with van der Waals surface area (Å²) >= 11 is 2.78. The number of nitrogens with one attached hydrogen (secondary N) is 1. The summed E-state index contributed by atoms with van der Waals surface area (Å²) in [5, 5.41) is 5.75. The topological polar surface area (TPSA) is 134 Å². The van der Waals surface area contributed by atoms with Crippen molar-refractivity contribution in [1.82, 2.24) is 15.3 Å². The highest BCUT2D eigenvalue weighted by Crippen LogP contribution is 2.50. The van der Waals surface area contributed by atoms with Gasteiger partial charge in [0.1, 0.15) is 39.3 Å². The third-order valence-corrected chi connectivity index (χ3v) is 10.8. The zero-order valence-electron chi connectivity index (χ0n) is 28.8. The van der Waals surface area contributed by atoms with Crippen molar-refractivity contribution in [2.45, 2.75) is 37.6 Å². The number of carbonyl (C=O) groups excluding carboxylic acids is 2. The fourth-order valence-electron chi connectivity index (χ4n) is 6.19. The van der Waals surface area contributed by atoms with Crippen molar-refractivity contribution in [3.05, 3.63) is 94.1 Å². The fraction of sp³-hybridized carbons (Fsp3) is 0.361. The number of carbonyl (C=O) groups is 2. The van der Waals surface area contributed by atoms with Gasteiger partial charge >= 0.3 is 6.61 Å². The maximum Gasteiger partial charge on any atom is 0.387 e. The molecule has 0 spiro atoms. The number of thiazole rings is 1. The summed E-state index contributed by atoms with van der Waals surface area (Å²) in [4.78, 5) is 43.1. The summed E-state index contributed by atoms with van der Waals surface area (Å²) in [5.41, 5.74) is -0.428. The molecule has 16 heteroatoms. The predicted octanol–water partition coefficient (Wildman–Crippen LogP) is 6.17. The van der Waals surface area contributed by atoms with Crippen LogP contribution >= 0.6 is 23.1 Å². The van der Waals surface area contributed by atoms with Crippen LogP contribution in [-0.2, 0) is 21.6 Å². The standard InChI is InChI=1S/C36H37F2N5O7S2/c1-35(20-46-2)15-24-18-52-34(41-30(44)22-8-6-5-7-9-22)42-36(24,21-49-35)32-40-29(19-51-32)43(17-23-10-11-25(47-3)14-28(23)48-4)31(45)27-13-12-26(16-39-27)50-33(37)38/h5-14,16,19,24,33H,15,17-18,20-21H2,1-4H3,(H,41,42,44)/t24-,35+,36-/m0/s1. The number of amidine groups is 1. The van der Waals surface area contributed by atoms with Crippen LogP contribution in [0.2, 0.25) is 0 Å². The van der Waals surface area contributed by atoms with Gasteiger partial charge in [-0.1, -0.05) is 30.0 Å². The quantitative estimate of drug-likeness (QED) is 0.179. The number of thioether (sulfide) groups is 1. The maximum absolute atomic E-state index is 14.2. The first-order valence-corrected chi connectivity index (χ1v) is 18.0. The minimum absolute atomic E-state index is 0.0164. The van der Waals surface area contributed by atoms with Gasteiger partial charge in [-0.25, -0.2) is 15.0 Å². The summed E-state index contributed by atoms with van der Waals surface area (Å²) in [6.07, 6.45) is 1.67. The van der Waals surface area contributed by atoms with Crippen molar-refractivity contribution >= 4 is 45.9 Å². The lowest BCUT2D eigenvalue weighted by Crippen LogP contribution is -2.55. The summed E-state index contributed by atoms with van der Waals surface area (Å²) in [5.74, 6) is 0.896. The van der Waals surface area contributed by atoms with Crippen LogP contribution in [0, 0.1) is 5.92 Å². The van der Waals surface area contributed by atoms with Gasteiger partial charge in [0, 0.05) is 41.4 Å². The van der Waals surface area contributed by atoms with Crippen LogP contribution in [0.4, 0.5) is 14.6 Å². The van der Waals surface area contributed by atoms with Gasteiger partial charge in [0.2, 0.25) is 0 Å². The Balaban J connectivity index is 1.39. The van der Waals surface area contributed by atoms with Crippen molar-refractivity contribution in [1.29, 1.82) is 0 Å². The molecule has 0 bridgehead atoms. The number of ether oxygens (including phenoxy) is 5. The molecular formula is C36H37F2N5O7S2. The minimum atomic E-state index is -3.04. The zero-order valence-corrected chi connectivity index (χ0v) is 30.5. The van der Waals surface area contributed by atoms with E-state index in [4.69, 9.17) is 28.9 Å². The van der Waals surface area contributed by atoms with Gasteiger partial charge in [0.05, 0.1) is 45.8 Å². The molecule has 2 aliphatic rings. The highest BCUT2D eigenvalue weighted by molar-refractivity contribution is 8.13. The SMILES string of the molecule is COC[C@@]1(C)C[C@H]2CSC(NC(=O)c3ccccc3)=N[C@@]2(c2nc(N(Cc3ccc(OC)cc3OC)C(=O)c3ccc(OC(F)F)cn3)cs2)CO1. The second-order valence-corrected chi connectivity index (χ2v) is 14.2. The molecule has 1 saturated heterocycles. The Morgan fingerprint density at radius 2 is 1.87 bits per heavy atom. The van der Waals surface area contributed by atoms with Gasteiger partial charge < -0.3 is 29.0 Å². The number of halogens is 2. The van der Waals surface area contributed by atoms with Gasteiger partial charge in [0.15, 0.2) is 5.17 Å². The molecule has 2 aromatic heterocycles. The highest BCUT2D eigenvalue weighted by Gasteiger charge is 2.53. The lowest BCUT2D eigenvalue weighted by Gasteiger charge is -2.49. The fourth-order valence-corrected chi connectivity index (χ4v) is 8.36. The smallest absolute Gasteiger partial charge is 0.387 e. The zero-order chi connectivity index (χ0) is 36.9. The van der Waals surface area contributed by atoms with Crippen molar-refractivity contribution in [2.24, 2.45) is 10.9 Å². The average Bonchev–Trinajstić information content (AvgIpc) is 3.65. The summed E-state index contributed by atoms with van der Waals surface area (Å²) in [7, 11) is 4.69. The maximum atomic E-state index is 14.2. The predicted molar refractivity (Wildman–Crippen MR) is 193 cm³/mol. The number of benzene rings is 2. The number of nitrogens with zero attached hydrogens (tertiary/aromatic N) is 4. The van der Waals surface area contributed by atoms with Gasteiger partial charge in [-0.2, -0.15) is 8.78 Å². The van der Waals surface area contributed by atoms with E-state index in [-0.39, 0.29) is 36.4 Å². The normalized spacial score (nSPS) is 21.1. The number of aliphatic imine (C=N–C) groups is 1. The molecule has 2 amide bonds. The van der Waals surface area contributed by atoms with E-state index in [1.807, 2.05) is 13.0 Å². The van der Waals surface area contributed by atoms with Crippen molar-refractivity contribution in [2.75, 3.05) is 45.2 Å².